The van der Waals surface area contributed by atoms with E-state index in [1.54, 1.807) is 24.3 Å². The molecule has 0 fully saturated rings. The first kappa shape index (κ1) is 19.7. The number of carbonyl (C=O) groups excluding carboxylic acids is 1. The lowest BCUT2D eigenvalue weighted by Crippen LogP contribution is -2.28. The number of para-hydroxylation sites is 2. The van der Waals surface area contributed by atoms with Crippen LogP contribution in [0.2, 0.25) is 5.02 Å². The van der Waals surface area contributed by atoms with Crippen molar-refractivity contribution >= 4 is 34.2 Å². The van der Waals surface area contributed by atoms with Crippen molar-refractivity contribution in [1.29, 1.82) is 0 Å². The van der Waals surface area contributed by atoms with Crippen LogP contribution in [0.15, 0.2) is 53.5 Å². The zero-order chi connectivity index (χ0) is 20.3. The number of fused-ring (bicyclic) bond motifs is 1. The van der Waals surface area contributed by atoms with Gasteiger partial charge in [-0.3, -0.25) is 14.2 Å². The molecule has 28 heavy (non-hydrogen) atoms. The standard InChI is InChI=1S/C18H13ClF3N3O3/c19-11-5-6-15(28-10-18(20,21)22)13(7-11)24-16(26)9-25-14-4-2-1-3-12(14)23-8-17(25)27/h1-8H,9-10H2,(H,24,26). The van der Waals surface area contributed by atoms with Gasteiger partial charge in [0, 0.05) is 5.02 Å². The van der Waals surface area contributed by atoms with Crippen LogP contribution in [0.4, 0.5) is 18.9 Å². The van der Waals surface area contributed by atoms with Gasteiger partial charge in [-0.25, -0.2) is 4.98 Å². The van der Waals surface area contributed by atoms with Crippen LogP contribution >= 0.6 is 11.6 Å². The first-order valence-electron chi connectivity index (χ1n) is 7.96. The number of halogens is 4. The molecule has 0 aliphatic rings. The number of anilines is 1. The molecule has 0 atom stereocenters. The van der Waals surface area contributed by atoms with Crippen molar-refractivity contribution in [3.63, 3.8) is 0 Å². The van der Waals surface area contributed by atoms with Crippen molar-refractivity contribution in [2.75, 3.05) is 11.9 Å². The number of carbonyl (C=O) groups is 1. The fraction of sp³-hybridized carbons (Fsp3) is 0.167. The lowest BCUT2D eigenvalue weighted by Gasteiger charge is -2.15. The second-order valence-corrected chi connectivity index (χ2v) is 6.20. The lowest BCUT2D eigenvalue weighted by atomic mass is 10.2. The fourth-order valence-electron chi connectivity index (χ4n) is 2.50. The van der Waals surface area contributed by atoms with E-state index in [2.05, 4.69) is 10.3 Å². The van der Waals surface area contributed by atoms with Gasteiger partial charge in [-0.05, 0) is 30.3 Å². The number of benzene rings is 2. The Balaban J connectivity index is 1.83. The van der Waals surface area contributed by atoms with Crippen molar-refractivity contribution in [1.82, 2.24) is 9.55 Å². The Bertz CT molecular complexity index is 1080. The van der Waals surface area contributed by atoms with Gasteiger partial charge in [0.05, 0.1) is 22.9 Å². The zero-order valence-electron chi connectivity index (χ0n) is 14.2. The number of hydrogen-bond donors (Lipinski definition) is 1. The molecule has 0 bridgehead atoms. The van der Waals surface area contributed by atoms with Crippen LogP contribution in [0.3, 0.4) is 0 Å². The van der Waals surface area contributed by atoms with E-state index >= 15 is 0 Å². The van der Waals surface area contributed by atoms with Crippen molar-refractivity contribution in [3.8, 4) is 5.75 Å². The topological polar surface area (TPSA) is 73.2 Å². The Kier molecular flexibility index (Phi) is 5.55. The number of alkyl halides is 3. The monoisotopic (exact) mass is 411 g/mol. The maximum atomic E-state index is 12.4. The largest absolute Gasteiger partial charge is 0.482 e. The maximum Gasteiger partial charge on any atom is 0.422 e. The summed E-state index contributed by atoms with van der Waals surface area (Å²) in [5.74, 6) is -0.834. The van der Waals surface area contributed by atoms with Gasteiger partial charge in [-0.2, -0.15) is 13.2 Å². The maximum absolute atomic E-state index is 12.4. The van der Waals surface area contributed by atoms with Crippen LogP contribution in [0.25, 0.3) is 11.0 Å². The van der Waals surface area contributed by atoms with E-state index in [1.165, 1.54) is 22.8 Å². The molecule has 1 aromatic heterocycles. The minimum absolute atomic E-state index is 0.0341. The normalized spacial score (nSPS) is 11.4. The summed E-state index contributed by atoms with van der Waals surface area (Å²) in [6, 6.07) is 10.6. The van der Waals surface area contributed by atoms with Crippen LogP contribution in [0, 0.1) is 0 Å². The number of ether oxygens (including phenoxy) is 1. The molecule has 6 nitrogen and oxygen atoms in total. The highest BCUT2D eigenvalue weighted by molar-refractivity contribution is 6.31. The van der Waals surface area contributed by atoms with Crippen LogP contribution < -0.4 is 15.6 Å². The molecular weight excluding hydrogens is 399 g/mol. The molecule has 10 heteroatoms. The third-order valence-electron chi connectivity index (χ3n) is 3.66. The number of amides is 1. The molecule has 146 valence electrons. The predicted octanol–water partition coefficient (Wildman–Crippen LogP) is 3.63. The van der Waals surface area contributed by atoms with Gasteiger partial charge in [0.1, 0.15) is 12.3 Å². The van der Waals surface area contributed by atoms with Crippen molar-refractivity contribution in [2.24, 2.45) is 0 Å². The SMILES string of the molecule is O=C(Cn1c(=O)cnc2ccccc21)Nc1cc(Cl)ccc1OCC(F)(F)F. The fourth-order valence-corrected chi connectivity index (χ4v) is 2.67. The van der Waals surface area contributed by atoms with E-state index in [-0.39, 0.29) is 23.0 Å². The van der Waals surface area contributed by atoms with E-state index in [0.29, 0.717) is 11.0 Å². The second-order valence-electron chi connectivity index (χ2n) is 5.76. The molecule has 1 heterocycles. The number of nitrogens with zero attached hydrogens (tertiary/aromatic N) is 2. The number of rotatable bonds is 5. The predicted molar refractivity (Wildman–Crippen MR) is 97.6 cm³/mol. The average molecular weight is 412 g/mol. The Labute approximate surface area is 161 Å². The van der Waals surface area contributed by atoms with Crippen molar-refractivity contribution in [3.05, 3.63) is 64.0 Å². The molecule has 3 aromatic rings. The highest BCUT2D eigenvalue weighted by Gasteiger charge is 2.29. The Morgan fingerprint density at radius 1 is 1.21 bits per heavy atom. The molecule has 0 spiro atoms. The highest BCUT2D eigenvalue weighted by Crippen LogP contribution is 2.29. The molecule has 0 saturated heterocycles. The minimum atomic E-state index is -4.54. The van der Waals surface area contributed by atoms with Gasteiger partial charge in [0.2, 0.25) is 5.91 Å². The summed E-state index contributed by atoms with van der Waals surface area (Å²) in [5, 5.41) is 2.63. The van der Waals surface area contributed by atoms with Gasteiger partial charge in [0.25, 0.3) is 5.56 Å². The zero-order valence-corrected chi connectivity index (χ0v) is 14.9. The van der Waals surface area contributed by atoms with Crippen molar-refractivity contribution in [2.45, 2.75) is 12.7 Å². The van der Waals surface area contributed by atoms with Gasteiger partial charge >= 0.3 is 6.18 Å². The van der Waals surface area contributed by atoms with Crippen LogP contribution in [0.1, 0.15) is 0 Å². The second kappa shape index (κ2) is 7.89. The lowest BCUT2D eigenvalue weighted by molar-refractivity contribution is -0.153. The first-order valence-corrected chi connectivity index (χ1v) is 8.34. The quantitative estimate of drug-likeness (QED) is 0.696. The van der Waals surface area contributed by atoms with Gasteiger partial charge < -0.3 is 10.1 Å². The van der Waals surface area contributed by atoms with Gasteiger partial charge in [0.15, 0.2) is 6.61 Å². The third-order valence-corrected chi connectivity index (χ3v) is 3.90. The number of hydrogen-bond acceptors (Lipinski definition) is 4. The molecule has 1 N–H and O–H groups in total. The average Bonchev–Trinajstić information content (AvgIpc) is 2.63. The van der Waals surface area contributed by atoms with Crippen molar-refractivity contribution < 1.29 is 22.7 Å². The van der Waals surface area contributed by atoms with E-state index in [0.717, 1.165) is 6.20 Å². The molecule has 0 unspecified atom stereocenters. The van der Waals surface area contributed by atoms with E-state index in [1.807, 2.05) is 0 Å². The Hall–Kier alpha value is -3.07. The van der Waals surface area contributed by atoms with E-state index in [4.69, 9.17) is 16.3 Å². The summed E-state index contributed by atoms with van der Waals surface area (Å²) in [7, 11) is 0. The summed E-state index contributed by atoms with van der Waals surface area (Å²) in [6.07, 6.45) is -3.45. The van der Waals surface area contributed by atoms with E-state index < -0.39 is 24.2 Å². The van der Waals surface area contributed by atoms with Crippen LogP contribution in [0.5, 0.6) is 5.75 Å². The summed E-state index contributed by atoms with van der Waals surface area (Å²) >= 11 is 5.86. The van der Waals surface area contributed by atoms with Gasteiger partial charge in [-0.15, -0.1) is 0 Å². The summed E-state index contributed by atoms with van der Waals surface area (Å²) < 4.78 is 43.2. The molecule has 0 saturated carbocycles. The Morgan fingerprint density at radius 3 is 2.71 bits per heavy atom. The summed E-state index contributed by atoms with van der Waals surface area (Å²) in [4.78, 5) is 28.5. The van der Waals surface area contributed by atoms with Crippen LogP contribution in [-0.2, 0) is 11.3 Å². The van der Waals surface area contributed by atoms with Gasteiger partial charge in [-0.1, -0.05) is 23.7 Å². The molecular formula is C18H13ClF3N3O3. The third kappa shape index (κ3) is 4.80. The molecule has 0 radical (unpaired) electrons. The molecule has 0 aliphatic carbocycles. The molecule has 2 aromatic carbocycles. The first-order chi connectivity index (χ1) is 13.2. The molecule has 3 rings (SSSR count). The number of nitrogens with one attached hydrogen (secondary N) is 1. The van der Waals surface area contributed by atoms with Crippen LogP contribution in [-0.4, -0.2) is 28.2 Å². The number of aromatic nitrogens is 2. The molecule has 0 aliphatic heterocycles. The molecule has 1 amide bonds. The smallest absolute Gasteiger partial charge is 0.422 e. The highest BCUT2D eigenvalue weighted by atomic mass is 35.5. The summed E-state index contributed by atoms with van der Waals surface area (Å²) in [6.45, 7) is -1.89. The Morgan fingerprint density at radius 2 is 1.96 bits per heavy atom. The van der Waals surface area contributed by atoms with E-state index in [9.17, 15) is 22.8 Å². The minimum Gasteiger partial charge on any atom is -0.482 e. The summed E-state index contributed by atoms with van der Waals surface area (Å²) in [5.41, 5.74) is 0.443.